The Morgan fingerprint density at radius 1 is 1.27 bits per heavy atom. The van der Waals surface area contributed by atoms with Crippen LogP contribution in [0.3, 0.4) is 0 Å². The van der Waals surface area contributed by atoms with Gasteiger partial charge in [-0.2, -0.15) is 0 Å². The van der Waals surface area contributed by atoms with E-state index in [1.165, 1.54) is 11.2 Å². The fourth-order valence-electron chi connectivity index (χ4n) is 1.24. The monoisotopic (exact) mass is 209 g/mol. The summed E-state index contributed by atoms with van der Waals surface area (Å²) in [5, 5.41) is 0. The summed E-state index contributed by atoms with van der Waals surface area (Å²) < 4.78 is 3.30. The number of nitrogens with zero attached hydrogens (tertiary/aromatic N) is 1. The average Bonchev–Trinajstić information content (AvgIpc) is 2.35. The van der Waals surface area contributed by atoms with Crippen molar-refractivity contribution >= 4 is 21.4 Å². The molecule has 0 atom stereocenters. The standard InChI is InChI=1S/C9H8BrN/c1-7-4-5-9-8(10)3-2-6-11(7)9/h2-6H,1H3. The van der Waals surface area contributed by atoms with Gasteiger partial charge in [-0.15, -0.1) is 0 Å². The second-order valence-electron chi connectivity index (χ2n) is 2.59. The normalized spacial score (nSPS) is 10.7. The first kappa shape index (κ1) is 6.92. The number of fused-ring (bicyclic) bond motifs is 1. The summed E-state index contributed by atoms with van der Waals surface area (Å²) in [4.78, 5) is 0. The van der Waals surface area contributed by atoms with Crippen LogP contribution in [0.15, 0.2) is 34.9 Å². The van der Waals surface area contributed by atoms with Crippen LogP contribution in [-0.4, -0.2) is 4.40 Å². The minimum atomic E-state index is 1.15. The first-order valence-electron chi connectivity index (χ1n) is 3.51. The van der Waals surface area contributed by atoms with Crippen LogP contribution >= 0.6 is 15.9 Å². The molecule has 0 aliphatic carbocycles. The zero-order chi connectivity index (χ0) is 7.84. The van der Waals surface area contributed by atoms with Crippen LogP contribution in [0.4, 0.5) is 0 Å². The van der Waals surface area contributed by atoms with Gasteiger partial charge in [-0.05, 0) is 47.1 Å². The lowest BCUT2D eigenvalue weighted by molar-refractivity contribution is 1.11. The first-order chi connectivity index (χ1) is 5.29. The van der Waals surface area contributed by atoms with E-state index >= 15 is 0 Å². The summed E-state index contributed by atoms with van der Waals surface area (Å²) >= 11 is 3.49. The van der Waals surface area contributed by atoms with E-state index in [0.717, 1.165) is 4.47 Å². The zero-order valence-electron chi connectivity index (χ0n) is 6.21. The number of hydrogen-bond donors (Lipinski definition) is 0. The number of rotatable bonds is 0. The molecule has 2 aromatic heterocycles. The summed E-state index contributed by atoms with van der Waals surface area (Å²) in [6.45, 7) is 2.10. The lowest BCUT2D eigenvalue weighted by Gasteiger charge is -1.97. The highest BCUT2D eigenvalue weighted by molar-refractivity contribution is 9.10. The molecule has 0 saturated carbocycles. The van der Waals surface area contributed by atoms with Crippen molar-refractivity contribution in [3.63, 3.8) is 0 Å². The van der Waals surface area contributed by atoms with Crippen LogP contribution in [0, 0.1) is 6.92 Å². The van der Waals surface area contributed by atoms with Crippen molar-refractivity contribution in [2.45, 2.75) is 6.92 Å². The Morgan fingerprint density at radius 3 is 2.82 bits per heavy atom. The first-order valence-corrected chi connectivity index (χ1v) is 4.30. The molecule has 0 aliphatic heterocycles. The maximum atomic E-state index is 3.49. The largest absolute Gasteiger partial charge is 0.320 e. The van der Waals surface area contributed by atoms with Crippen molar-refractivity contribution in [1.82, 2.24) is 4.40 Å². The molecule has 0 aliphatic rings. The molecule has 2 aromatic rings. The minimum Gasteiger partial charge on any atom is -0.320 e. The Balaban J connectivity index is 2.94. The van der Waals surface area contributed by atoms with Gasteiger partial charge in [0, 0.05) is 16.4 Å². The topological polar surface area (TPSA) is 4.41 Å². The summed E-state index contributed by atoms with van der Waals surface area (Å²) in [6, 6.07) is 8.30. The van der Waals surface area contributed by atoms with Crippen LogP contribution < -0.4 is 0 Å². The minimum absolute atomic E-state index is 1.15. The van der Waals surface area contributed by atoms with Crippen molar-refractivity contribution in [2.75, 3.05) is 0 Å². The Kier molecular flexibility index (Phi) is 1.50. The molecular weight excluding hydrogens is 202 g/mol. The van der Waals surface area contributed by atoms with Gasteiger partial charge >= 0.3 is 0 Å². The van der Waals surface area contributed by atoms with Gasteiger partial charge in [-0.1, -0.05) is 0 Å². The third-order valence-corrected chi connectivity index (χ3v) is 2.51. The van der Waals surface area contributed by atoms with Crippen LogP contribution in [0.1, 0.15) is 5.69 Å². The highest BCUT2D eigenvalue weighted by Gasteiger charge is 1.98. The van der Waals surface area contributed by atoms with Crippen molar-refractivity contribution in [1.29, 1.82) is 0 Å². The number of hydrogen-bond acceptors (Lipinski definition) is 0. The molecule has 56 valence electrons. The molecule has 0 spiro atoms. The highest BCUT2D eigenvalue weighted by atomic mass is 79.9. The van der Waals surface area contributed by atoms with Crippen LogP contribution in [-0.2, 0) is 0 Å². The molecule has 0 unspecified atom stereocenters. The van der Waals surface area contributed by atoms with E-state index < -0.39 is 0 Å². The second-order valence-corrected chi connectivity index (χ2v) is 3.44. The summed E-state index contributed by atoms with van der Waals surface area (Å²) in [5.74, 6) is 0. The highest BCUT2D eigenvalue weighted by Crippen LogP contribution is 2.19. The quantitative estimate of drug-likeness (QED) is 0.629. The molecule has 0 bridgehead atoms. The van der Waals surface area contributed by atoms with Crippen molar-refractivity contribution in [3.8, 4) is 0 Å². The van der Waals surface area contributed by atoms with Gasteiger partial charge in [0.05, 0.1) is 5.52 Å². The molecule has 0 amide bonds. The third kappa shape index (κ3) is 0.979. The third-order valence-electron chi connectivity index (χ3n) is 1.84. The predicted octanol–water partition coefficient (Wildman–Crippen LogP) is 3.01. The van der Waals surface area contributed by atoms with E-state index in [1.807, 2.05) is 6.07 Å². The molecule has 11 heavy (non-hydrogen) atoms. The van der Waals surface area contributed by atoms with Crippen molar-refractivity contribution < 1.29 is 0 Å². The second kappa shape index (κ2) is 2.38. The molecule has 2 heterocycles. The van der Waals surface area contributed by atoms with Gasteiger partial charge in [0.2, 0.25) is 0 Å². The smallest absolute Gasteiger partial charge is 0.0594 e. The summed E-state index contributed by atoms with van der Waals surface area (Å²) in [7, 11) is 0. The van der Waals surface area contributed by atoms with E-state index in [0.29, 0.717) is 0 Å². The van der Waals surface area contributed by atoms with E-state index in [4.69, 9.17) is 0 Å². The fraction of sp³-hybridized carbons (Fsp3) is 0.111. The van der Waals surface area contributed by atoms with E-state index in [-0.39, 0.29) is 0 Å². The Hall–Kier alpha value is -0.760. The van der Waals surface area contributed by atoms with E-state index in [1.54, 1.807) is 0 Å². The Morgan fingerprint density at radius 2 is 2.09 bits per heavy atom. The Bertz CT molecular complexity index is 389. The van der Waals surface area contributed by atoms with Gasteiger partial charge in [0.25, 0.3) is 0 Å². The molecule has 2 heteroatoms. The molecule has 0 fully saturated rings. The predicted molar refractivity (Wildman–Crippen MR) is 49.8 cm³/mol. The van der Waals surface area contributed by atoms with Crippen molar-refractivity contribution in [2.24, 2.45) is 0 Å². The number of pyridine rings is 1. The van der Waals surface area contributed by atoms with Gasteiger partial charge < -0.3 is 4.40 Å². The molecule has 0 N–H and O–H groups in total. The van der Waals surface area contributed by atoms with Crippen LogP contribution in [0.25, 0.3) is 5.52 Å². The molecule has 2 rings (SSSR count). The van der Waals surface area contributed by atoms with Gasteiger partial charge in [0.15, 0.2) is 0 Å². The zero-order valence-corrected chi connectivity index (χ0v) is 7.80. The summed E-state index contributed by atoms with van der Waals surface area (Å²) in [6.07, 6.45) is 2.06. The van der Waals surface area contributed by atoms with E-state index in [9.17, 15) is 0 Å². The summed E-state index contributed by atoms with van der Waals surface area (Å²) in [5.41, 5.74) is 2.49. The van der Waals surface area contributed by atoms with Crippen LogP contribution in [0.5, 0.6) is 0 Å². The fourth-order valence-corrected chi connectivity index (χ4v) is 1.72. The molecule has 1 nitrogen and oxygen atoms in total. The van der Waals surface area contributed by atoms with Crippen molar-refractivity contribution in [3.05, 3.63) is 40.6 Å². The number of halogens is 1. The SMILES string of the molecule is Cc1ccc2c(Br)cccn12. The van der Waals surface area contributed by atoms with E-state index in [2.05, 4.69) is 51.7 Å². The average molecular weight is 210 g/mol. The maximum Gasteiger partial charge on any atom is 0.0594 e. The van der Waals surface area contributed by atoms with Gasteiger partial charge in [0.1, 0.15) is 0 Å². The number of aromatic nitrogens is 1. The lowest BCUT2D eigenvalue weighted by atomic mass is 10.4. The molecular formula is C9H8BrN. The molecule has 0 radical (unpaired) electrons. The Labute approximate surface area is 73.8 Å². The number of aryl methyl sites for hydroxylation is 1. The van der Waals surface area contributed by atoms with Gasteiger partial charge in [-0.25, -0.2) is 0 Å². The lowest BCUT2D eigenvalue weighted by Crippen LogP contribution is -1.84. The van der Waals surface area contributed by atoms with Crippen LogP contribution in [0.2, 0.25) is 0 Å². The molecule has 0 aromatic carbocycles. The maximum absolute atomic E-state index is 3.49. The molecule has 0 saturated heterocycles. The van der Waals surface area contributed by atoms with Gasteiger partial charge in [-0.3, -0.25) is 0 Å².